The highest BCUT2D eigenvalue weighted by molar-refractivity contribution is 5.93. The van der Waals surface area contributed by atoms with E-state index in [1.807, 2.05) is 12.1 Å². The fourth-order valence-electron chi connectivity index (χ4n) is 1.53. The third-order valence-corrected chi connectivity index (χ3v) is 2.52. The zero-order valence-corrected chi connectivity index (χ0v) is 12.0. The lowest BCUT2D eigenvalue weighted by Gasteiger charge is -2.10. The molecule has 1 aromatic rings. The largest absolute Gasteiger partial charge is 0.495 e. The van der Waals surface area contributed by atoms with Gasteiger partial charge in [-0.1, -0.05) is 12.1 Å². The highest BCUT2D eigenvalue weighted by Gasteiger charge is 2.05. The second-order valence-electron chi connectivity index (χ2n) is 4.03. The quantitative estimate of drug-likeness (QED) is 0.624. The van der Waals surface area contributed by atoms with E-state index in [2.05, 4.69) is 10.6 Å². The van der Waals surface area contributed by atoms with Crippen molar-refractivity contribution in [3.05, 3.63) is 24.3 Å². The Hall–Kier alpha value is -1.63. The van der Waals surface area contributed by atoms with E-state index in [-0.39, 0.29) is 12.5 Å². The fourth-order valence-corrected chi connectivity index (χ4v) is 1.53. The van der Waals surface area contributed by atoms with Crippen LogP contribution in [0.2, 0.25) is 0 Å². The van der Waals surface area contributed by atoms with Crippen molar-refractivity contribution < 1.29 is 19.0 Å². The summed E-state index contributed by atoms with van der Waals surface area (Å²) in [5.74, 6) is 0.523. The molecule has 0 spiro atoms. The number of amides is 1. The molecule has 0 aromatic heterocycles. The van der Waals surface area contributed by atoms with Gasteiger partial charge in [0.05, 0.1) is 39.2 Å². The van der Waals surface area contributed by atoms with Gasteiger partial charge >= 0.3 is 0 Å². The Kier molecular flexibility index (Phi) is 8.37. The van der Waals surface area contributed by atoms with E-state index in [0.29, 0.717) is 37.8 Å². The minimum atomic E-state index is -0.119. The van der Waals surface area contributed by atoms with Gasteiger partial charge in [0.15, 0.2) is 0 Å². The van der Waals surface area contributed by atoms with Crippen LogP contribution in [0.5, 0.6) is 5.75 Å². The molecule has 112 valence electrons. The minimum absolute atomic E-state index is 0.119. The summed E-state index contributed by atoms with van der Waals surface area (Å²) in [5.41, 5.74) is 0.665. The molecular weight excluding hydrogens is 260 g/mol. The van der Waals surface area contributed by atoms with Crippen molar-refractivity contribution in [3.8, 4) is 5.75 Å². The van der Waals surface area contributed by atoms with Crippen LogP contribution in [0.4, 0.5) is 5.69 Å². The molecule has 0 radical (unpaired) electrons. The Balaban J connectivity index is 2.17. The molecule has 0 heterocycles. The van der Waals surface area contributed by atoms with Crippen LogP contribution in [0.3, 0.4) is 0 Å². The minimum Gasteiger partial charge on any atom is -0.495 e. The van der Waals surface area contributed by atoms with Gasteiger partial charge < -0.3 is 24.8 Å². The number of carbonyl (C=O) groups excluding carboxylic acids is 1. The Bertz CT molecular complexity index is 399. The molecule has 0 aliphatic heterocycles. The normalized spacial score (nSPS) is 10.3. The lowest BCUT2D eigenvalue weighted by Crippen LogP contribution is -2.30. The first-order valence-electron chi connectivity index (χ1n) is 6.48. The van der Waals surface area contributed by atoms with Gasteiger partial charge in [-0.25, -0.2) is 0 Å². The zero-order valence-electron chi connectivity index (χ0n) is 12.0. The summed E-state index contributed by atoms with van der Waals surface area (Å²) in [4.78, 5) is 11.7. The SMILES string of the molecule is COCCOCCNCC(=O)Nc1ccccc1OC. The van der Waals surface area contributed by atoms with Crippen LogP contribution in [-0.2, 0) is 14.3 Å². The first kappa shape index (κ1) is 16.4. The third kappa shape index (κ3) is 6.51. The molecule has 0 fully saturated rings. The Labute approximate surface area is 119 Å². The number of benzene rings is 1. The standard InChI is InChI=1S/C14H22N2O4/c1-18-9-10-20-8-7-15-11-14(17)16-12-5-3-4-6-13(12)19-2/h3-6,15H,7-11H2,1-2H3,(H,16,17). The zero-order chi connectivity index (χ0) is 14.6. The predicted molar refractivity (Wildman–Crippen MR) is 77.2 cm³/mol. The van der Waals surface area contributed by atoms with Crippen LogP contribution in [-0.4, -0.2) is 53.0 Å². The Morgan fingerprint density at radius 1 is 1.15 bits per heavy atom. The van der Waals surface area contributed by atoms with Crippen LogP contribution in [0.25, 0.3) is 0 Å². The van der Waals surface area contributed by atoms with Gasteiger partial charge in [0.1, 0.15) is 5.75 Å². The Morgan fingerprint density at radius 3 is 2.70 bits per heavy atom. The summed E-state index contributed by atoms with van der Waals surface area (Å²) in [5, 5.41) is 5.79. The number of nitrogens with one attached hydrogen (secondary N) is 2. The van der Waals surface area contributed by atoms with Gasteiger partial charge in [0.25, 0.3) is 0 Å². The fraction of sp³-hybridized carbons (Fsp3) is 0.500. The van der Waals surface area contributed by atoms with E-state index >= 15 is 0 Å². The molecule has 6 heteroatoms. The number of anilines is 1. The Morgan fingerprint density at radius 2 is 1.95 bits per heavy atom. The van der Waals surface area contributed by atoms with Crippen LogP contribution < -0.4 is 15.4 Å². The van der Waals surface area contributed by atoms with E-state index in [0.717, 1.165) is 0 Å². The van der Waals surface area contributed by atoms with E-state index in [9.17, 15) is 4.79 Å². The summed E-state index contributed by atoms with van der Waals surface area (Å²) < 4.78 is 15.3. The molecule has 1 amide bonds. The van der Waals surface area contributed by atoms with Gasteiger partial charge in [0, 0.05) is 13.7 Å². The van der Waals surface area contributed by atoms with Crippen molar-refractivity contribution in [2.45, 2.75) is 0 Å². The smallest absolute Gasteiger partial charge is 0.238 e. The van der Waals surface area contributed by atoms with Crippen molar-refractivity contribution >= 4 is 11.6 Å². The van der Waals surface area contributed by atoms with Crippen molar-refractivity contribution in [1.29, 1.82) is 0 Å². The van der Waals surface area contributed by atoms with Crippen molar-refractivity contribution in [1.82, 2.24) is 5.32 Å². The van der Waals surface area contributed by atoms with Crippen molar-refractivity contribution in [3.63, 3.8) is 0 Å². The van der Waals surface area contributed by atoms with Crippen molar-refractivity contribution in [2.24, 2.45) is 0 Å². The highest BCUT2D eigenvalue weighted by atomic mass is 16.5. The maximum Gasteiger partial charge on any atom is 0.238 e. The summed E-state index contributed by atoms with van der Waals surface area (Å²) in [6.45, 7) is 2.53. The molecule has 0 saturated carbocycles. The third-order valence-electron chi connectivity index (χ3n) is 2.52. The van der Waals surface area contributed by atoms with Gasteiger partial charge in [-0.15, -0.1) is 0 Å². The average Bonchev–Trinajstić information content (AvgIpc) is 2.47. The second kappa shape index (κ2) is 10.2. The lowest BCUT2D eigenvalue weighted by atomic mass is 10.3. The van der Waals surface area contributed by atoms with Crippen LogP contribution in [0, 0.1) is 0 Å². The number of ether oxygens (including phenoxy) is 3. The molecule has 0 bridgehead atoms. The first-order chi connectivity index (χ1) is 9.77. The molecule has 20 heavy (non-hydrogen) atoms. The highest BCUT2D eigenvalue weighted by Crippen LogP contribution is 2.22. The number of rotatable bonds is 10. The van der Waals surface area contributed by atoms with E-state index in [1.54, 1.807) is 26.4 Å². The maximum atomic E-state index is 11.7. The van der Waals surface area contributed by atoms with Crippen LogP contribution in [0.1, 0.15) is 0 Å². The number of carbonyl (C=O) groups is 1. The number of hydrogen-bond donors (Lipinski definition) is 2. The molecule has 0 atom stereocenters. The molecule has 0 saturated heterocycles. The van der Waals surface area contributed by atoms with Crippen molar-refractivity contribution in [2.75, 3.05) is 52.4 Å². The lowest BCUT2D eigenvalue weighted by molar-refractivity contribution is -0.115. The number of para-hydroxylation sites is 2. The van der Waals surface area contributed by atoms with E-state index in [4.69, 9.17) is 14.2 Å². The first-order valence-corrected chi connectivity index (χ1v) is 6.48. The van der Waals surface area contributed by atoms with Gasteiger partial charge in [-0.05, 0) is 12.1 Å². The molecule has 2 N–H and O–H groups in total. The van der Waals surface area contributed by atoms with Gasteiger partial charge in [-0.3, -0.25) is 4.79 Å². The topological polar surface area (TPSA) is 68.8 Å². The number of hydrogen-bond acceptors (Lipinski definition) is 5. The molecular formula is C14H22N2O4. The van der Waals surface area contributed by atoms with E-state index in [1.165, 1.54) is 0 Å². The molecule has 1 aromatic carbocycles. The number of methoxy groups -OCH3 is 2. The molecule has 0 aliphatic carbocycles. The van der Waals surface area contributed by atoms with Crippen LogP contribution >= 0.6 is 0 Å². The second-order valence-corrected chi connectivity index (χ2v) is 4.03. The summed E-state index contributed by atoms with van der Waals surface area (Å²) in [6, 6.07) is 7.29. The summed E-state index contributed by atoms with van der Waals surface area (Å²) in [7, 11) is 3.20. The summed E-state index contributed by atoms with van der Waals surface area (Å²) in [6.07, 6.45) is 0. The molecule has 1 rings (SSSR count). The molecule has 6 nitrogen and oxygen atoms in total. The predicted octanol–water partition coefficient (Wildman–Crippen LogP) is 0.886. The molecule has 0 unspecified atom stereocenters. The molecule has 0 aliphatic rings. The monoisotopic (exact) mass is 282 g/mol. The van der Waals surface area contributed by atoms with E-state index < -0.39 is 0 Å². The van der Waals surface area contributed by atoms with Gasteiger partial charge in [-0.2, -0.15) is 0 Å². The maximum absolute atomic E-state index is 11.7. The average molecular weight is 282 g/mol. The van der Waals surface area contributed by atoms with Crippen LogP contribution in [0.15, 0.2) is 24.3 Å². The summed E-state index contributed by atoms with van der Waals surface area (Å²) >= 11 is 0. The van der Waals surface area contributed by atoms with Gasteiger partial charge in [0.2, 0.25) is 5.91 Å².